The van der Waals surface area contributed by atoms with Gasteiger partial charge in [0.25, 0.3) is 0 Å². The van der Waals surface area contributed by atoms with E-state index in [1.165, 1.54) is 18.2 Å². The van der Waals surface area contributed by atoms with Crippen molar-refractivity contribution in [3.8, 4) is 10.7 Å². The first-order valence-electron chi connectivity index (χ1n) is 3.55. The second-order valence-electron chi connectivity index (χ2n) is 2.21. The fourth-order valence-corrected chi connectivity index (χ4v) is 2.03. The molecule has 0 unspecified atom stereocenters. The van der Waals surface area contributed by atoms with Crippen molar-refractivity contribution in [2.24, 2.45) is 0 Å². The molecule has 1 heteroatoms. The Kier molecular flexibility index (Phi) is 6.81. The van der Waals surface area contributed by atoms with Crippen molar-refractivity contribution in [3.05, 3.63) is 12.2 Å². The number of hydrogen-bond donors (Lipinski definition) is 0. The van der Waals surface area contributed by atoms with Crippen LogP contribution in [0.1, 0.15) is 26.7 Å². The molecular formula is C9H14Se. The Balaban J connectivity index is 3.20. The Morgan fingerprint density at radius 3 is 2.80 bits per heavy atom. The summed E-state index contributed by atoms with van der Waals surface area (Å²) in [4.78, 5) is 3.13. The van der Waals surface area contributed by atoms with Crippen LogP contribution < -0.4 is 0 Å². The van der Waals surface area contributed by atoms with Gasteiger partial charge in [-0.25, -0.2) is 0 Å². The van der Waals surface area contributed by atoms with E-state index in [1.54, 1.807) is 0 Å². The monoisotopic (exact) mass is 202 g/mol. The molecular weight excluding hydrogens is 187 g/mol. The van der Waals surface area contributed by atoms with E-state index in [2.05, 4.69) is 24.2 Å². The van der Waals surface area contributed by atoms with Crippen molar-refractivity contribution in [3.63, 3.8) is 0 Å². The summed E-state index contributed by atoms with van der Waals surface area (Å²) in [6.07, 6.45) is 2.61. The van der Waals surface area contributed by atoms with Gasteiger partial charge < -0.3 is 0 Å². The van der Waals surface area contributed by atoms with Crippen LogP contribution in [0.2, 0.25) is 5.32 Å². The molecule has 0 atom stereocenters. The molecule has 0 saturated heterocycles. The summed E-state index contributed by atoms with van der Waals surface area (Å²) in [5, 5.41) is 1.30. The first-order valence-corrected chi connectivity index (χ1v) is 5.62. The predicted molar refractivity (Wildman–Crippen MR) is 48.1 cm³/mol. The molecule has 0 radical (unpaired) electrons. The van der Waals surface area contributed by atoms with Gasteiger partial charge in [-0.2, -0.15) is 0 Å². The predicted octanol–water partition coefficient (Wildman–Crippen LogP) is 2.45. The van der Waals surface area contributed by atoms with Crippen LogP contribution >= 0.6 is 0 Å². The molecule has 0 aliphatic heterocycles. The summed E-state index contributed by atoms with van der Waals surface area (Å²) in [7, 11) is 0. The summed E-state index contributed by atoms with van der Waals surface area (Å²) in [5.41, 5.74) is 0.985. The van der Waals surface area contributed by atoms with Gasteiger partial charge in [0.2, 0.25) is 0 Å². The van der Waals surface area contributed by atoms with Gasteiger partial charge in [-0.1, -0.05) is 0 Å². The van der Waals surface area contributed by atoms with E-state index in [1.807, 2.05) is 6.92 Å². The van der Waals surface area contributed by atoms with Crippen LogP contribution in [0.15, 0.2) is 12.2 Å². The normalized spacial score (nSPS) is 8.20. The SMILES string of the molecule is C=C(C)C#C[Se]CCCC. The molecule has 0 heterocycles. The van der Waals surface area contributed by atoms with Gasteiger partial charge in [0.1, 0.15) is 0 Å². The quantitative estimate of drug-likeness (QED) is 0.374. The Hall–Kier alpha value is -0.181. The zero-order valence-electron chi connectivity index (χ0n) is 6.74. The average molecular weight is 201 g/mol. The third kappa shape index (κ3) is 7.82. The maximum absolute atomic E-state index is 3.71. The zero-order valence-corrected chi connectivity index (χ0v) is 8.45. The zero-order chi connectivity index (χ0) is 7.82. The molecule has 0 aromatic rings. The van der Waals surface area contributed by atoms with Gasteiger partial charge in [-0.3, -0.25) is 0 Å². The van der Waals surface area contributed by atoms with Gasteiger partial charge >= 0.3 is 69.9 Å². The summed E-state index contributed by atoms with van der Waals surface area (Å²) < 4.78 is 0. The van der Waals surface area contributed by atoms with Crippen LogP contribution in [0.5, 0.6) is 0 Å². The molecule has 0 N–H and O–H groups in total. The Bertz CT molecular complexity index is 148. The molecule has 0 aromatic heterocycles. The van der Waals surface area contributed by atoms with Gasteiger partial charge in [-0.05, 0) is 0 Å². The molecule has 0 rings (SSSR count). The molecule has 56 valence electrons. The van der Waals surface area contributed by atoms with Crippen LogP contribution in [0, 0.1) is 10.7 Å². The topological polar surface area (TPSA) is 0 Å². The Morgan fingerprint density at radius 2 is 2.30 bits per heavy atom. The minimum absolute atomic E-state index is 0.537. The van der Waals surface area contributed by atoms with E-state index in [0.29, 0.717) is 15.0 Å². The Labute approximate surface area is 70.2 Å². The third-order valence-electron chi connectivity index (χ3n) is 0.937. The molecule has 0 spiro atoms. The van der Waals surface area contributed by atoms with Crippen molar-refractivity contribution in [1.29, 1.82) is 0 Å². The molecule has 0 fully saturated rings. The number of unbranched alkanes of at least 4 members (excludes halogenated alkanes) is 1. The molecule has 0 aromatic carbocycles. The second kappa shape index (κ2) is 6.93. The van der Waals surface area contributed by atoms with Gasteiger partial charge in [-0.15, -0.1) is 0 Å². The van der Waals surface area contributed by atoms with Crippen LogP contribution in [0.25, 0.3) is 0 Å². The van der Waals surface area contributed by atoms with E-state index >= 15 is 0 Å². The number of rotatable bonds is 3. The molecule has 0 nitrogen and oxygen atoms in total. The van der Waals surface area contributed by atoms with Crippen molar-refractivity contribution < 1.29 is 0 Å². The molecule has 10 heavy (non-hydrogen) atoms. The third-order valence-corrected chi connectivity index (χ3v) is 2.49. The first-order chi connectivity index (χ1) is 4.77. The summed E-state index contributed by atoms with van der Waals surface area (Å²) in [6, 6.07) is 0. The van der Waals surface area contributed by atoms with E-state index in [0.717, 1.165) is 5.57 Å². The van der Waals surface area contributed by atoms with Crippen molar-refractivity contribution >= 4 is 15.0 Å². The van der Waals surface area contributed by atoms with E-state index < -0.39 is 0 Å². The van der Waals surface area contributed by atoms with Gasteiger partial charge in [0.05, 0.1) is 0 Å². The molecule has 0 amide bonds. The maximum atomic E-state index is 3.71. The summed E-state index contributed by atoms with van der Waals surface area (Å²) in [6.45, 7) is 7.87. The molecule has 0 bridgehead atoms. The average Bonchev–Trinajstić information content (AvgIpc) is 1.87. The first kappa shape index (κ1) is 9.82. The van der Waals surface area contributed by atoms with Crippen LogP contribution in [-0.4, -0.2) is 15.0 Å². The molecule has 0 aliphatic carbocycles. The number of allylic oxidation sites excluding steroid dienone is 1. The van der Waals surface area contributed by atoms with E-state index in [4.69, 9.17) is 0 Å². The van der Waals surface area contributed by atoms with E-state index in [9.17, 15) is 0 Å². The number of hydrogen-bond acceptors (Lipinski definition) is 0. The summed E-state index contributed by atoms with van der Waals surface area (Å²) in [5.74, 6) is 2.99. The fourth-order valence-electron chi connectivity index (χ4n) is 0.391. The second-order valence-corrected chi connectivity index (χ2v) is 4.10. The standard InChI is InChI=1S/C9H14Se/c1-4-5-7-10-8-6-9(2)3/h2,4-5,7H2,1,3H3. The van der Waals surface area contributed by atoms with Crippen molar-refractivity contribution in [2.75, 3.05) is 0 Å². The summed E-state index contributed by atoms with van der Waals surface area (Å²) >= 11 is 0.537. The van der Waals surface area contributed by atoms with Crippen molar-refractivity contribution in [2.45, 2.75) is 32.0 Å². The minimum atomic E-state index is 0.537. The van der Waals surface area contributed by atoms with Gasteiger partial charge in [0.15, 0.2) is 0 Å². The van der Waals surface area contributed by atoms with E-state index in [-0.39, 0.29) is 0 Å². The molecule has 0 saturated carbocycles. The Morgan fingerprint density at radius 1 is 1.60 bits per heavy atom. The molecule has 0 aliphatic rings. The fraction of sp³-hybridized carbons (Fsp3) is 0.556. The van der Waals surface area contributed by atoms with Crippen LogP contribution in [0.4, 0.5) is 0 Å². The van der Waals surface area contributed by atoms with Crippen LogP contribution in [0.3, 0.4) is 0 Å². The van der Waals surface area contributed by atoms with Crippen molar-refractivity contribution in [1.82, 2.24) is 0 Å². The van der Waals surface area contributed by atoms with Crippen LogP contribution in [-0.2, 0) is 0 Å². The van der Waals surface area contributed by atoms with Gasteiger partial charge in [0, 0.05) is 0 Å².